The van der Waals surface area contributed by atoms with Crippen LogP contribution in [0, 0.1) is 0 Å². The van der Waals surface area contributed by atoms with Gasteiger partial charge in [0.2, 0.25) is 0 Å². The van der Waals surface area contributed by atoms with Crippen molar-refractivity contribution in [2.75, 3.05) is 33.5 Å². The van der Waals surface area contributed by atoms with Crippen LogP contribution in [0.2, 0.25) is 0 Å². The van der Waals surface area contributed by atoms with Gasteiger partial charge in [-0.1, -0.05) is 6.92 Å². The predicted molar refractivity (Wildman–Crippen MR) is 70.5 cm³/mol. The van der Waals surface area contributed by atoms with E-state index in [1.807, 2.05) is 6.20 Å². The highest BCUT2D eigenvalue weighted by molar-refractivity contribution is 7.11. The van der Waals surface area contributed by atoms with Crippen LogP contribution in [0.4, 0.5) is 0 Å². The summed E-state index contributed by atoms with van der Waals surface area (Å²) in [6.45, 7) is 6.20. The molecule has 0 saturated heterocycles. The summed E-state index contributed by atoms with van der Waals surface area (Å²) in [7, 11) is 1.68. The monoisotopic (exact) mass is 258 g/mol. The van der Waals surface area contributed by atoms with Crippen molar-refractivity contribution in [2.24, 2.45) is 0 Å². The van der Waals surface area contributed by atoms with Crippen molar-refractivity contribution >= 4 is 11.3 Å². The Bertz CT molecular complexity index is 292. The van der Waals surface area contributed by atoms with Crippen LogP contribution in [0.5, 0.6) is 0 Å². The summed E-state index contributed by atoms with van der Waals surface area (Å²) in [4.78, 5) is 5.68. The van der Waals surface area contributed by atoms with Crippen molar-refractivity contribution in [1.29, 1.82) is 0 Å². The standard InChI is InChI=1S/C12H22N2O2S/c1-3-5-13-9-11-10-14-12(17-11)4-6-16-8-7-15-2/h10,13H,3-9H2,1-2H3. The Balaban J connectivity index is 2.12. The zero-order valence-corrected chi connectivity index (χ0v) is 11.5. The van der Waals surface area contributed by atoms with Gasteiger partial charge < -0.3 is 14.8 Å². The third-order valence-corrected chi connectivity index (χ3v) is 3.28. The fourth-order valence-electron chi connectivity index (χ4n) is 1.34. The smallest absolute Gasteiger partial charge is 0.0951 e. The summed E-state index contributed by atoms with van der Waals surface area (Å²) >= 11 is 1.76. The van der Waals surface area contributed by atoms with Crippen molar-refractivity contribution < 1.29 is 9.47 Å². The van der Waals surface area contributed by atoms with Gasteiger partial charge in [-0.15, -0.1) is 11.3 Å². The molecule has 0 spiro atoms. The molecule has 1 rings (SSSR count). The van der Waals surface area contributed by atoms with Crippen LogP contribution in [0.3, 0.4) is 0 Å². The van der Waals surface area contributed by atoms with Crippen LogP contribution < -0.4 is 5.32 Å². The fraction of sp³-hybridized carbons (Fsp3) is 0.750. The molecule has 98 valence electrons. The lowest BCUT2D eigenvalue weighted by Crippen LogP contribution is -2.12. The van der Waals surface area contributed by atoms with E-state index in [0.29, 0.717) is 13.2 Å². The van der Waals surface area contributed by atoms with Gasteiger partial charge in [0.1, 0.15) is 0 Å². The summed E-state index contributed by atoms with van der Waals surface area (Å²) < 4.78 is 10.3. The molecule has 1 aromatic heterocycles. The van der Waals surface area contributed by atoms with Crippen molar-refractivity contribution in [1.82, 2.24) is 10.3 Å². The average molecular weight is 258 g/mol. The van der Waals surface area contributed by atoms with Gasteiger partial charge >= 0.3 is 0 Å². The zero-order chi connectivity index (χ0) is 12.3. The maximum absolute atomic E-state index is 5.41. The number of nitrogens with zero attached hydrogens (tertiary/aromatic N) is 1. The van der Waals surface area contributed by atoms with E-state index in [-0.39, 0.29) is 0 Å². The molecule has 0 unspecified atom stereocenters. The highest BCUT2D eigenvalue weighted by Crippen LogP contribution is 2.13. The first-order valence-electron chi connectivity index (χ1n) is 6.07. The second kappa shape index (κ2) is 9.53. The van der Waals surface area contributed by atoms with Gasteiger partial charge in [0.15, 0.2) is 0 Å². The highest BCUT2D eigenvalue weighted by atomic mass is 32.1. The summed E-state index contributed by atoms with van der Waals surface area (Å²) in [5.74, 6) is 0. The lowest BCUT2D eigenvalue weighted by molar-refractivity contribution is 0.0722. The molecule has 0 aliphatic carbocycles. The van der Waals surface area contributed by atoms with Crippen LogP contribution in [0.1, 0.15) is 23.2 Å². The van der Waals surface area contributed by atoms with E-state index in [4.69, 9.17) is 9.47 Å². The normalized spacial score (nSPS) is 10.9. The van der Waals surface area contributed by atoms with E-state index >= 15 is 0 Å². The first-order valence-corrected chi connectivity index (χ1v) is 6.89. The molecular formula is C12H22N2O2S. The number of hydrogen-bond donors (Lipinski definition) is 1. The Morgan fingerprint density at radius 1 is 1.35 bits per heavy atom. The van der Waals surface area contributed by atoms with Crippen LogP contribution >= 0.6 is 11.3 Å². The maximum atomic E-state index is 5.41. The van der Waals surface area contributed by atoms with Gasteiger partial charge in [0.25, 0.3) is 0 Å². The molecule has 0 bridgehead atoms. The Kier molecular flexibility index (Phi) is 8.17. The Morgan fingerprint density at radius 3 is 3.00 bits per heavy atom. The minimum Gasteiger partial charge on any atom is -0.382 e. The van der Waals surface area contributed by atoms with Crippen LogP contribution in [-0.4, -0.2) is 38.5 Å². The minimum absolute atomic E-state index is 0.657. The van der Waals surface area contributed by atoms with Gasteiger partial charge in [0, 0.05) is 31.1 Å². The molecule has 0 amide bonds. The number of methoxy groups -OCH3 is 1. The molecule has 0 aliphatic heterocycles. The third kappa shape index (κ3) is 6.73. The lowest BCUT2D eigenvalue weighted by atomic mass is 10.4. The van der Waals surface area contributed by atoms with Gasteiger partial charge in [-0.2, -0.15) is 0 Å². The molecule has 1 N–H and O–H groups in total. The molecule has 5 heteroatoms. The molecule has 0 fully saturated rings. The summed E-state index contributed by atoms with van der Waals surface area (Å²) in [6.07, 6.45) is 4.01. The predicted octanol–water partition coefficient (Wildman–Crippen LogP) is 1.85. The summed E-state index contributed by atoms with van der Waals surface area (Å²) in [6, 6.07) is 0. The van der Waals surface area contributed by atoms with E-state index < -0.39 is 0 Å². The Labute approximate surface area is 107 Å². The maximum Gasteiger partial charge on any atom is 0.0951 e. The largest absolute Gasteiger partial charge is 0.382 e. The Hall–Kier alpha value is -0.490. The molecule has 0 radical (unpaired) electrons. The molecule has 0 saturated carbocycles. The SMILES string of the molecule is CCCNCc1cnc(CCOCCOC)s1. The highest BCUT2D eigenvalue weighted by Gasteiger charge is 2.01. The van der Waals surface area contributed by atoms with E-state index in [1.54, 1.807) is 18.4 Å². The first-order chi connectivity index (χ1) is 8.36. The van der Waals surface area contributed by atoms with Gasteiger partial charge in [-0.25, -0.2) is 4.98 Å². The molecule has 1 heterocycles. The van der Waals surface area contributed by atoms with Crippen molar-refractivity contribution in [2.45, 2.75) is 26.3 Å². The van der Waals surface area contributed by atoms with Crippen LogP contribution in [-0.2, 0) is 22.4 Å². The van der Waals surface area contributed by atoms with E-state index in [2.05, 4.69) is 17.2 Å². The van der Waals surface area contributed by atoms with Gasteiger partial charge in [0.05, 0.1) is 24.8 Å². The van der Waals surface area contributed by atoms with E-state index in [0.717, 1.165) is 31.1 Å². The topological polar surface area (TPSA) is 43.4 Å². The zero-order valence-electron chi connectivity index (χ0n) is 10.7. The molecule has 0 aliphatic rings. The minimum atomic E-state index is 0.657. The summed E-state index contributed by atoms with van der Waals surface area (Å²) in [5, 5.41) is 4.52. The second-order valence-corrected chi connectivity index (χ2v) is 4.95. The van der Waals surface area contributed by atoms with E-state index in [1.165, 1.54) is 11.3 Å². The number of rotatable bonds is 10. The summed E-state index contributed by atoms with van der Waals surface area (Å²) in [5.41, 5.74) is 0. The molecular weight excluding hydrogens is 236 g/mol. The second-order valence-electron chi connectivity index (χ2n) is 3.75. The fourth-order valence-corrected chi connectivity index (χ4v) is 2.21. The lowest BCUT2D eigenvalue weighted by Gasteiger charge is -2.01. The van der Waals surface area contributed by atoms with Gasteiger partial charge in [-0.3, -0.25) is 0 Å². The molecule has 0 atom stereocenters. The molecule has 17 heavy (non-hydrogen) atoms. The Morgan fingerprint density at radius 2 is 2.24 bits per heavy atom. The number of nitrogens with one attached hydrogen (secondary N) is 1. The van der Waals surface area contributed by atoms with Crippen LogP contribution in [0.25, 0.3) is 0 Å². The molecule has 0 aromatic carbocycles. The van der Waals surface area contributed by atoms with Crippen molar-refractivity contribution in [3.05, 3.63) is 16.1 Å². The molecule has 4 nitrogen and oxygen atoms in total. The van der Waals surface area contributed by atoms with Crippen LogP contribution in [0.15, 0.2) is 6.20 Å². The van der Waals surface area contributed by atoms with Crippen molar-refractivity contribution in [3.63, 3.8) is 0 Å². The van der Waals surface area contributed by atoms with Gasteiger partial charge in [-0.05, 0) is 13.0 Å². The van der Waals surface area contributed by atoms with E-state index in [9.17, 15) is 0 Å². The number of thiazole rings is 1. The van der Waals surface area contributed by atoms with Crippen molar-refractivity contribution in [3.8, 4) is 0 Å². The molecule has 1 aromatic rings. The third-order valence-electron chi connectivity index (χ3n) is 2.22. The quantitative estimate of drug-likeness (QED) is 0.650. The average Bonchev–Trinajstić information content (AvgIpc) is 2.77. The first kappa shape index (κ1) is 14.6. The number of hydrogen-bond acceptors (Lipinski definition) is 5. The number of aromatic nitrogens is 1. The number of ether oxygens (including phenoxy) is 2.